The molecule has 0 aliphatic carbocycles. The smallest absolute Gasteiger partial charge is 0.146 e. The Kier molecular flexibility index (Phi) is 18.8. The van der Waals surface area contributed by atoms with Gasteiger partial charge in [-0.2, -0.15) is 0 Å². The zero-order chi connectivity index (χ0) is 19.0. The molecule has 0 radical (unpaired) electrons. The van der Waals surface area contributed by atoms with Crippen molar-refractivity contribution in [3.8, 4) is 0 Å². The summed E-state index contributed by atoms with van der Waals surface area (Å²) in [7, 11) is 7.52. The summed E-state index contributed by atoms with van der Waals surface area (Å²) in [5.41, 5.74) is 0. The molecule has 2 N–H and O–H groups in total. The molecule has 142 valence electrons. The molecule has 0 saturated carbocycles. The molecule has 1 aliphatic rings. The van der Waals surface area contributed by atoms with Crippen molar-refractivity contribution in [1.29, 1.82) is 0 Å². The fourth-order valence-electron chi connectivity index (χ4n) is 1.91. The van der Waals surface area contributed by atoms with E-state index in [-0.39, 0.29) is 29.3 Å². The first-order valence-corrected chi connectivity index (χ1v) is 10.8. The van der Waals surface area contributed by atoms with E-state index in [4.69, 9.17) is 0 Å². The third-order valence-electron chi connectivity index (χ3n) is 3.55. The van der Waals surface area contributed by atoms with E-state index in [1.54, 1.807) is 20.8 Å². The van der Waals surface area contributed by atoms with Gasteiger partial charge < -0.3 is 15.4 Å². The van der Waals surface area contributed by atoms with E-state index in [1.807, 2.05) is 42.6 Å². The first-order valence-electron chi connectivity index (χ1n) is 8.36. The second-order valence-electron chi connectivity index (χ2n) is 5.65. The van der Waals surface area contributed by atoms with E-state index in [2.05, 4.69) is 10.6 Å². The van der Waals surface area contributed by atoms with Crippen molar-refractivity contribution in [2.45, 2.75) is 59.4 Å². The van der Waals surface area contributed by atoms with Gasteiger partial charge in [0, 0.05) is 12.3 Å². The van der Waals surface area contributed by atoms with Gasteiger partial charge in [-0.3, -0.25) is 9.59 Å². The monoisotopic (exact) mass is 378 g/mol. The Bertz CT molecular complexity index is 361. The molecule has 1 fully saturated rings. The number of Topliss-reactive ketones (excluding diaryl/α,β-unsaturated/α-hetero) is 3. The van der Waals surface area contributed by atoms with Crippen LogP contribution in [-0.2, 0) is 14.4 Å². The summed E-state index contributed by atoms with van der Waals surface area (Å²) in [4.78, 5) is 32.2. The maximum absolute atomic E-state index is 10.9. The summed E-state index contributed by atoms with van der Waals surface area (Å²) in [5.74, 6) is 0.676. The minimum Gasteiger partial charge on any atom is -0.320 e. The summed E-state index contributed by atoms with van der Waals surface area (Å²) < 4.78 is 0. The van der Waals surface area contributed by atoms with Crippen LogP contribution in [0.15, 0.2) is 0 Å². The van der Waals surface area contributed by atoms with Crippen LogP contribution in [0.5, 0.6) is 0 Å². The van der Waals surface area contributed by atoms with Gasteiger partial charge in [-0.25, -0.2) is 0 Å². The number of nitrogens with one attached hydrogen (secondary N) is 2. The van der Waals surface area contributed by atoms with Crippen molar-refractivity contribution in [3.05, 3.63) is 0 Å². The van der Waals surface area contributed by atoms with Crippen LogP contribution in [0.2, 0.25) is 0 Å². The highest BCUT2D eigenvalue weighted by molar-refractivity contribution is 8.92. The molecule has 7 heteroatoms. The lowest BCUT2D eigenvalue weighted by Crippen LogP contribution is -2.34. The highest BCUT2D eigenvalue weighted by Gasteiger charge is 2.11. The predicted molar refractivity (Wildman–Crippen MR) is 106 cm³/mol. The molecule has 5 nitrogen and oxygen atoms in total. The molecule has 0 aromatic rings. The van der Waals surface area contributed by atoms with Crippen molar-refractivity contribution in [1.82, 2.24) is 10.6 Å². The van der Waals surface area contributed by atoms with Crippen LogP contribution < -0.4 is 10.6 Å². The maximum Gasteiger partial charge on any atom is 0.146 e. The molecular formula is C17H34N2O3S2. The third-order valence-corrected chi connectivity index (χ3v) is 4.50. The molecule has 1 heterocycles. The zero-order valence-electron chi connectivity index (χ0n) is 15.9. The molecule has 2 atom stereocenters. The Labute approximate surface area is 155 Å². The lowest BCUT2D eigenvalue weighted by Gasteiger charge is -2.10. The van der Waals surface area contributed by atoms with Crippen molar-refractivity contribution in [3.63, 3.8) is 0 Å². The lowest BCUT2D eigenvalue weighted by molar-refractivity contribution is -0.122. The van der Waals surface area contributed by atoms with Crippen LogP contribution in [0, 0.1) is 5.92 Å². The maximum atomic E-state index is 10.9. The summed E-state index contributed by atoms with van der Waals surface area (Å²) in [6.45, 7) is 7.62. The highest BCUT2D eigenvalue weighted by Crippen LogP contribution is 2.41. The molecule has 0 aromatic heterocycles. The van der Waals surface area contributed by atoms with Gasteiger partial charge in [-0.05, 0) is 60.7 Å². The molecule has 1 rings (SSSR count). The van der Waals surface area contributed by atoms with Crippen molar-refractivity contribution >= 4 is 38.9 Å². The van der Waals surface area contributed by atoms with Crippen molar-refractivity contribution in [2.75, 3.05) is 25.7 Å². The second-order valence-corrected chi connectivity index (χ2v) is 8.48. The number of likely N-dealkylation sites (N-methyl/N-ethyl adjacent to an activating group) is 1. The molecule has 24 heavy (non-hydrogen) atoms. The average molecular weight is 379 g/mol. The Hall–Kier alpha value is -0.370. The standard InChI is InChI=1S/C9H16O2.C7H16N2O.CH2S2/c1-4-9(8(3)11)6-5-7(2)10;1-6(10)7(9-3)4-5-8-2;1-2-3-1/h9H,4-6H2,1-3H3;7-9H,4-5H2,1-3H3;1H2/t9-;7-;/m00./s1. The topological polar surface area (TPSA) is 75.3 Å². The van der Waals surface area contributed by atoms with Crippen molar-refractivity contribution in [2.24, 2.45) is 5.92 Å². The first-order chi connectivity index (χ1) is 11.3. The second kappa shape index (κ2) is 17.5. The number of ketones is 3. The number of hydrogen-bond acceptors (Lipinski definition) is 7. The quantitative estimate of drug-likeness (QED) is 0.447. The van der Waals surface area contributed by atoms with Crippen LogP contribution in [-0.4, -0.2) is 49.1 Å². The van der Waals surface area contributed by atoms with Gasteiger partial charge in [0.25, 0.3) is 0 Å². The van der Waals surface area contributed by atoms with Crippen LogP contribution in [0.3, 0.4) is 0 Å². The molecule has 0 unspecified atom stereocenters. The normalized spacial score (nSPS) is 14.2. The third kappa shape index (κ3) is 19.7. The van der Waals surface area contributed by atoms with Crippen LogP contribution in [0.1, 0.15) is 53.4 Å². The molecule has 1 aliphatic heterocycles. The van der Waals surface area contributed by atoms with E-state index in [1.165, 1.54) is 5.08 Å². The minimum absolute atomic E-state index is 0.0208. The molecular weight excluding hydrogens is 344 g/mol. The number of hydrogen-bond donors (Lipinski definition) is 2. The minimum atomic E-state index is 0.0208. The SMILES string of the molecule is C1SS1.CC[C@@H](CCC(C)=O)C(C)=O.CNCC[C@H](NC)C(C)=O. The molecule has 0 amide bonds. The Morgan fingerprint density at radius 3 is 1.79 bits per heavy atom. The van der Waals surface area contributed by atoms with E-state index in [9.17, 15) is 14.4 Å². The Morgan fingerprint density at radius 2 is 1.54 bits per heavy atom. The number of carbonyl (C=O) groups is 3. The van der Waals surface area contributed by atoms with Gasteiger partial charge >= 0.3 is 0 Å². The molecule has 1 saturated heterocycles. The van der Waals surface area contributed by atoms with E-state index >= 15 is 0 Å². The Morgan fingerprint density at radius 1 is 1.00 bits per heavy atom. The Balaban J connectivity index is 0. The highest BCUT2D eigenvalue weighted by atomic mass is 33.2. The van der Waals surface area contributed by atoms with Crippen LogP contribution in [0.25, 0.3) is 0 Å². The van der Waals surface area contributed by atoms with E-state index in [0.29, 0.717) is 6.42 Å². The molecule has 0 spiro atoms. The van der Waals surface area contributed by atoms with Crippen LogP contribution in [0.4, 0.5) is 0 Å². The zero-order valence-corrected chi connectivity index (χ0v) is 17.6. The van der Waals surface area contributed by atoms with Gasteiger partial charge in [-0.1, -0.05) is 28.5 Å². The van der Waals surface area contributed by atoms with E-state index < -0.39 is 0 Å². The predicted octanol–water partition coefficient (Wildman–Crippen LogP) is 3.08. The van der Waals surface area contributed by atoms with Gasteiger partial charge in [0.05, 0.1) is 11.1 Å². The van der Waals surface area contributed by atoms with Crippen LogP contribution >= 0.6 is 21.6 Å². The fraction of sp³-hybridized carbons (Fsp3) is 0.824. The summed E-state index contributed by atoms with van der Waals surface area (Å²) in [6.07, 6.45) is 2.98. The average Bonchev–Trinajstić information content (AvgIpc) is 3.37. The van der Waals surface area contributed by atoms with Gasteiger partial charge in [0.1, 0.15) is 17.3 Å². The van der Waals surface area contributed by atoms with Crippen molar-refractivity contribution < 1.29 is 14.4 Å². The molecule has 0 aromatic carbocycles. The fourth-order valence-corrected chi connectivity index (χ4v) is 1.91. The lowest BCUT2D eigenvalue weighted by atomic mass is 9.95. The number of carbonyl (C=O) groups excluding carboxylic acids is 3. The summed E-state index contributed by atoms with van der Waals surface area (Å²) in [5, 5.41) is 7.28. The first kappa shape index (κ1) is 25.9. The van der Waals surface area contributed by atoms with Gasteiger partial charge in [-0.15, -0.1) is 0 Å². The number of rotatable bonds is 10. The largest absolute Gasteiger partial charge is 0.320 e. The summed E-state index contributed by atoms with van der Waals surface area (Å²) >= 11 is 0. The van der Waals surface area contributed by atoms with E-state index in [0.717, 1.165) is 25.8 Å². The summed E-state index contributed by atoms with van der Waals surface area (Å²) in [6, 6.07) is 0.0208. The molecule has 0 bridgehead atoms. The van der Waals surface area contributed by atoms with Gasteiger partial charge in [0.2, 0.25) is 0 Å². The van der Waals surface area contributed by atoms with Gasteiger partial charge in [0.15, 0.2) is 0 Å².